The van der Waals surface area contributed by atoms with Crippen molar-refractivity contribution in [3.8, 4) is 0 Å². The number of anilines is 1. The third kappa shape index (κ3) is 4.42. The second-order valence-electron chi connectivity index (χ2n) is 5.13. The molecule has 0 aromatic heterocycles. The smallest absolute Gasteiger partial charge is 0.264 e. The molecule has 2 amide bonds. The van der Waals surface area contributed by atoms with Crippen molar-refractivity contribution in [1.82, 2.24) is 4.72 Å². The van der Waals surface area contributed by atoms with Crippen molar-refractivity contribution in [3.05, 3.63) is 29.6 Å². The van der Waals surface area contributed by atoms with E-state index in [-0.39, 0.29) is 17.0 Å². The lowest BCUT2D eigenvalue weighted by Crippen LogP contribution is -2.32. The number of rotatable bonds is 4. The molecule has 1 aliphatic carbocycles. The second kappa shape index (κ2) is 7.42. The SMILES string of the molecule is O=C(NS(=O)O)c1ccc(F)c(NC(=O)C2CCCCC2=O)c1. The Bertz CT molecular complexity index is 679. The van der Waals surface area contributed by atoms with Crippen LogP contribution in [0.5, 0.6) is 0 Å². The maximum absolute atomic E-state index is 13.8. The highest BCUT2D eigenvalue weighted by molar-refractivity contribution is 7.77. The van der Waals surface area contributed by atoms with Gasteiger partial charge in [-0.25, -0.2) is 13.3 Å². The minimum Gasteiger partial charge on any atom is -0.323 e. The largest absolute Gasteiger partial charge is 0.323 e. The number of Topliss-reactive ketones (excluding diaryl/α,β-unsaturated/α-hetero) is 1. The summed E-state index contributed by atoms with van der Waals surface area (Å²) in [7, 11) is 0. The first kappa shape index (κ1) is 17.2. The average molecular weight is 342 g/mol. The lowest BCUT2D eigenvalue weighted by atomic mass is 9.87. The molecule has 0 heterocycles. The van der Waals surface area contributed by atoms with Crippen molar-refractivity contribution >= 4 is 34.6 Å². The van der Waals surface area contributed by atoms with Crippen LogP contribution in [0.1, 0.15) is 36.0 Å². The van der Waals surface area contributed by atoms with Gasteiger partial charge in [0.05, 0.1) is 11.6 Å². The van der Waals surface area contributed by atoms with Crippen LogP contribution in [0.2, 0.25) is 0 Å². The molecular formula is C14H15FN2O5S. The summed E-state index contributed by atoms with van der Waals surface area (Å²) in [5, 5.41) is 2.31. The summed E-state index contributed by atoms with van der Waals surface area (Å²) >= 11 is -2.55. The molecule has 23 heavy (non-hydrogen) atoms. The van der Waals surface area contributed by atoms with Crippen LogP contribution in [0.4, 0.5) is 10.1 Å². The fraction of sp³-hybridized carbons (Fsp3) is 0.357. The van der Waals surface area contributed by atoms with Gasteiger partial charge in [-0.3, -0.25) is 18.9 Å². The number of amides is 2. The van der Waals surface area contributed by atoms with E-state index in [4.69, 9.17) is 4.55 Å². The van der Waals surface area contributed by atoms with Gasteiger partial charge in [0.25, 0.3) is 17.2 Å². The molecule has 3 N–H and O–H groups in total. The lowest BCUT2D eigenvalue weighted by molar-refractivity contribution is -0.132. The molecule has 1 aromatic rings. The molecule has 1 fully saturated rings. The Balaban J connectivity index is 2.15. The van der Waals surface area contributed by atoms with Crippen LogP contribution < -0.4 is 10.0 Å². The van der Waals surface area contributed by atoms with Crippen molar-refractivity contribution < 1.29 is 27.5 Å². The van der Waals surface area contributed by atoms with Gasteiger partial charge in [-0.05, 0) is 31.0 Å². The number of hydrogen-bond acceptors (Lipinski definition) is 4. The van der Waals surface area contributed by atoms with Gasteiger partial charge < -0.3 is 5.32 Å². The zero-order valence-corrected chi connectivity index (χ0v) is 12.8. The predicted molar refractivity (Wildman–Crippen MR) is 80.2 cm³/mol. The maximum Gasteiger partial charge on any atom is 0.264 e. The molecule has 124 valence electrons. The average Bonchev–Trinajstić information content (AvgIpc) is 2.49. The van der Waals surface area contributed by atoms with E-state index >= 15 is 0 Å². The first-order valence-corrected chi connectivity index (χ1v) is 8.04. The molecule has 2 atom stereocenters. The zero-order valence-electron chi connectivity index (χ0n) is 12.0. The summed E-state index contributed by atoms with van der Waals surface area (Å²) in [6.45, 7) is 0. The van der Waals surface area contributed by atoms with Crippen LogP contribution in [0.15, 0.2) is 18.2 Å². The molecule has 9 heteroatoms. The van der Waals surface area contributed by atoms with Crippen LogP contribution >= 0.6 is 0 Å². The lowest BCUT2D eigenvalue weighted by Gasteiger charge is -2.20. The van der Waals surface area contributed by atoms with Gasteiger partial charge >= 0.3 is 0 Å². The Morgan fingerprint density at radius 1 is 1.30 bits per heavy atom. The van der Waals surface area contributed by atoms with E-state index in [9.17, 15) is 23.0 Å². The second-order valence-corrected chi connectivity index (χ2v) is 5.83. The summed E-state index contributed by atoms with van der Waals surface area (Å²) in [5.41, 5.74) is -0.358. The number of carbonyl (C=O) groups is 3. The van der Waals surface area contributed by atoms with Crippen LogP contribution in [0.3, 0.4) is 0 Å². The van der Waals surface area contributed by atoms with Gasteiger partial charge in [-0.15, -0.1) is 0 Å². The van der Waals surface area contributed by atoms with Crippen molar-refractivity contribution in [2.75, 3.05) is 5.32 Å². The van der Waals surface area contributed by atoms with E-state index in [0.29, 0.717) is 12.8 Å². The molecule has 1 saturated carbocycles. The van der Waals surface area contributed by atoms with Crippen LogP contribution in [0.25, 0.3) is 0 Å². The number of ketones is 1. The van der Waals surface area contributed by atoms with E-state index in [0.717, 1.165) is 31.0 Å². The summed E-state index contributed by atoms with van der Waals surface area (Å²) in [4.78, 5) is 35.4. The van der Waals surface area contributed by atoms with Crippen LogP contribution in [-0.2, 0) is 20.9 Å². The summed E-state index contributed by atoms with van der Waals surface area (Å²) in [6, 6.07) is 3.11. The van der Waals surface area contributed by atoms with Crippen molar-refractivity contribution in [3.63, 3.8) is 0 Å². The maximum atomic E-state index is 13.8. The monoisotopic (exact) mass is 342 g/mol. The third-order valence-electron chi connectivity index (χ3n) is 3.54. The molecule has 1 aliphatic rings. The van der Waals surface area contributed by atoms with E-state index < -0.39 is 34.8 Å². The minimum atomic E-state index is -2.55. The first-order valence-electron chi connectivity index (χ1n) is 6.93. The van der Waals surface area contributed by atoms with Gasteiger partial charge in [-0.1, -0.05) is 6.42 Å². The van der Waals surface area contributed by atoms with Gasteiger partial charge in [0.1, 0.15) is 11.6 Å². The summed E-state index contributed by atoms with van der Waals surface area (Å²) in [5.74, 6) is -3.28. The Hall–Kier alpha value is -2.13. The predicted octanol–water partition coefficient (Wildman–Crippen LogP) is 1.39. The van der Waals surface area contributed by atoms with E-state index in [1.54, 1.807) is 4.72 Å². The van der Waals surface area contributed by atoms with Gasteiger partial charge in [-0.2, -0.15) is 0 Å². The summed E-state index contributed by atoms with van der Waals surface area (Å²) < 4.78 is 34.7. The number of hydrogen-bond donors (Lipinski definition) is 3. The highest BCUT2D eigenvalue weighted by Crippen LogP contribution is 2.23. The van der Waals surface area contributed by atoms with Crippen molar-refractivity contribution in [2.24, 2.45) is 5.92 Å². The molecule has 2 unspecified atom stereocenters. The van der Waals surface area contributed by atoms with E-state index in [2.05, 4.69) is 5.32 Å². The quantitative estimate of drug-likeness (QED) is 0.565. The van der Waals surface area contributed by atoms with Gasteiger partial charge in [0.2, 0.25) is 5.91 Å². The number of benzene rings is 1. The minimum absolute atomic E-state index is 0.0981. The number of nitrogens with one attached hydrogen (secondary N) is 2. The Morgan fingerprint density at radius 2 is 2.04 bits per heavy atom. The highest BCUT2D eigenvalue weighted by Gasteiger charge is 2.29. The Morgan fingerprint density at radius 3 is 2.70 bits per heavy atom. The molecule has 2 rings (SSSR count). The number of halogens is 1. The third-order valence-corrected chi connectivity index (χ3v) is 3.90. The summed E-state index contributed by atoms with van der Waals surface area (Å²) in [6.07, 6.45) is 2.23. The standard InChI is InChI=1S/C14H15FN2O5S/c15-10-6-5-8(13(19)17-23(21)22)7-11(10)16-14(20)9-3-1-2-4-12(9)18/h5-7,9H,1-4H2,(H,16,20)(H,17,19)(H,21,22). The van der Waals surface area contributed by atoms with E-state index in [1.807, 2.05) is 0 Å². The molecule has 7 nitrogen and oxygen atoms in total. The van der Waals surface area contributed by atoms with Crippen LogP contribution in [0, 0.1) is 11.7 Å². The molecule has 0 saturated heterocycles. The van der Waals surface area contributed by atoms with Crippen molar-refractivity contribution in [1.29, 1.82) is 0 Å². The van der Waals surface area contributed by atoms with Gasteiger partial charge in [0.15, 0.2) is 0 Å². The fourth-order valence-corrected chi connectivity index (χ4v) is 2.66. The zero-order chi connectivity index (χ0) is 17.0. The molecule has 0 radical (unpaired) electrons. The fourth-order valence-electron chi connectivity index (χ4n) is 2.38. The molecule has 0 aliphatic heterocycles. The van der Waals surface area contributed by atoms with Crippen LogP contribution in [-0.4, -0.2) is 26.4 Å². The van der Waals surface area contributed by atoms with Gasteiger partial charge in [0, 0.05) is 12.0 Å². The molecule has 0 spiro atoms. The Kier molecular flexibility index (Phi) is 5.56. The first-order chi connectivity index (χ1) is 10.9. The molecule has 0 bridgehead atoms. The number of carbonyl (C=O) groups excluding carboxylic acids is 3. The molecule has 1 aromatic carbocycles. The Labute approximate surface area is 134 Å². The topological polar surface area (TPSA) is 113 Å². The van der Waals surface area contributed by atoms with E-state index in [1.165, 1.54) is 0 Å². The van der Waals surface area contributed by atoms with Crippen molar-refractivity contribution in [2.45, 2.75) is 25.7 Å². The highest BCUT2D eigenvalue weighted by atomic mass is 32.2. The normalized spacial score (nSPS) is 19.0. The molecular weight excluding hydrogens is 327 g/mol.